The molecule has 1 aromatic carbocycles. The number of fused-ring (bicyclic) bond motifs is 1. The molecule has 0 bridgehead atoms. The number of benzene rings is 1. The molecule has 2 heterocycles. The molecule has 1 atom stereocenters. The van der Waals surface area contributed by atoms with E-state index in [0.717, 1.165) is 22.8 Å². The second kappa shape index (κ2) is 6.14. The van der Waals surface area contributed by atoms with E-state index in [4.69, 9.17) is 9.47 Å². The smallest absolute Gasteiger partial charge is 0.249 e. The summed E-state index contributed by atoms with van der Waals surface area (Å²) in [5.74, 6) is -0.690. The molecule has 1 aromatic rings. The van der Waals surface area contributed by atoms with Crippen LogP contribution in [0.5, 0.6) is 0 Å². The van der Waals surface area contributed by atoms with Crippen LogP contribution < -0.4 is 15.5 Å². The number of carbonyl (C=O) groups is 1. The number of para-hydroxylation sites is 2. The lowest BCUT2D eigenvalue weighted by molar-refractivity contribution is -0.176. The average molecular weight is 355 g/mol. The fourth-order valence-electron chi connectivity index (χ4n) is 4.35. The molecule has 0 saturated carbocycles. The number of anilines is 2. The highest BCUT2D eigenvalue weighted by Crippen LogP contribution is 2.51. The Bertz CT molecular complexity index is 795. The molecule has 0 radical (unpaired) electrons. The van der Waals surface area contributed by atoms with E-state index in [2.05, 4.69) is 28.5 Å². The molecule has 1 amide bonds. The Balaban J connectivity index is 1.77. The monoisotopic (exact) mass is 355 g/mol. The van der Waals surface area contributed by atoms with Gasteiger partial charge in [-0.2, -0.15) is 0 Å². The second-order valence-corrected chi connectivity index (χ2v) is 7.28. The minimum Gasteiger partial charge on any atom is -0.386 e. The minimum atomic E-state index is -0.594. The van der Waals surface area contributed by atoms with Gasteiger partial charge in [-0.05, 0) is 19.1 Å². The highest BCUT2D eigenvalue weighted by atomic mass is 16.7. The Morgan fingerprint density at radius 1 is 1.23 bits per heavy atom. The first kappa shape index (κ1) is 17.1. The Morgan fingerprint density at radius 2 is 1.96 bits per heavy atom. The van der Waals surface area contributed by atoms with Gasteiger partial charge in [0.1, 0.15) is 0 Å². The number of hydrogen-bond acceptors (Lipinski definition) is 5. The maximum Gasteiger partial charge on any atom is 0.249 e. The standard InChI is InChI=1S/C20H25N3O3/c1-19-13-20(25-10-11-26-20)9-8-16(19)22-18(24)12-17(19)23(3)15-7-5-4-6-14(15)21-2/h4-8,12,21H,9-11,13H2,1-3H3,(H,22,24). The highest BCUT2D eigenvalue weighted by Gasteiger charge is 2.52. The van der Waals surface area contributed by atoms with Crippen LogP contribution in [0.2, 0.25) is 0 Å². The van der Waals surface area contributed by atoms with Crippen molar-refractivity contribution in [3.8, 4) is 0 Å². The van der Waals surface area contributed by atoms with Crippen LogP contribution in [0.4, 0.5) is 11.4 Å². The van der Waals surface area contributed by atoms with E-state index in [9.17, 15) is 4.79 Å². The summed E-state index contributed by atoms with van der Waals surface area (Å²) in [6.07, 6.45) is 5.07. The Morgan fingerprint density at radius 3 is 2.69 bits per heavy atom. The zero-order valence-corrected chi connectivity index (χ0v) is 15.5. The van der Waals surface area contributed by atoms with Gasteiger partial charge in [-0.25, -0.2) is 0 Å². The third-order valence-electron chi connectivity index (χ3n) is 5.64. The van der Waals surface area contributed by atoms with Crippen LogP contribution in [0.1, 0.15) is 19.8 Å². The lowest BCUT2D eigenvalue weighted by Crippen LogP contribution is -2.51. The summed E-state index contributed by atoms with van der Waals surface area (Å²) in [6.45, 7) is 3.38. The van der Waals surface area contributed by atoms with Crippen molar-refractivity contribution in [2.24, 2.45) is 5.41 Å². The molecule has 3 aliphatic rings. The van der Waals surface area contributed by atoms with Gasteiger partial charge in [0.15, 0.2) is 5.79 Å². The van der Waals surface area contributed by atoms with Crippen molar-refractivity contribution in [2.75, 3.05) is 37.5 Å². The molecular formula is C20H25N3O3. The van der Waals surface area contributed by atoms with Crippen molar-refractivity contribution in [1.29, 1.82) is 0 Å². The quantitative estimate of drug-likeness (QED) is 0.873. The van der Waals surface area contributed by atoms with Crippen molar-refractivity contribution in [3.05, 3.63) is 47.8 Å². The average Bonchev–Trinajstić information content (AvgIpc) is 3.09. The Hall–Kier alpha value is -2.31. The number of nitrogens with zero attached hydrogens (tertiary/aromatic N) is 1. The first-order valence-corrected chi connectivity index (χ1v) is 9.00. The summed E-state index contributed by atoms with van der Waals surface area (Å²) in [5, 5.41) is 6.25. The van der Waals surface area contributed by atoms with Gasteiger partial charge in [0.05, 0.1) is 30.0 Å². The molecule has 6 nitrogen and oxygen atoms in total. The molecule has 2 N–H and O–H groups in total. The topological polar surface area (TPSA) is 62.8 Å². The summed E-state index contributed by atoms with van der Waals surface area (Å²) in [6, 6.07) is 8.07. The highest BCUT2D eigenvalue weighted by molar-refractivity contribution is 5.93. The molecule has 138 valence electrons. The predicted molar refractivity (Wildman–Crippen MR) is 101 cm³/mol. The maximum absolute atomic E-state index is 12.3. The van der Waals surface area contributed by atoms with E-state index >= 15 is 0 Å². The van der Waals surface area contributed by atoms with Crippen molar-refractivity contribution < 1.29 is 14.3 Å². The van der Waals surface area contributed by atoms with Crippen LogP contribution >= 0.6 is 0 Å². The maximum atomic E-state index is 12.3. The van der Waals surface area contributed by atoms with Gasteiger partial charge in [0.25, 0.3) is 0 Å². The zero-order valence-electron chi connectivity index (χ0n) is 15.5. The zero-order chi connectivity index (χ0) is 18.4. The van der Waals surface area contributed by atoms with Gasteiger partial charge < -0.3 is 25.0 Å². The van der Waals surface area contributed by atoms with Crippen molar-refractivity contribution in [1.82, 2.24) is 5.32 Å². The fraction of sp³-hybridized carbons (Fsp3) is 0.450. The minimum absolute atomic E-state index is 0.0956. The molecule has 1 spiro atoms. The Kier molecular flexibility index (Phi) is 4.04. The summed E-state index contributed by atoms with van der Waals surface area (Å²) in [7, 11) is 3.90. The molecule has 1 unspecified atom stereocenters. The van der Waals surface area contributed by atoms with Crippen LogP contribution in [-0.2, 0) is 14.3 Å². The molecule has 6 heteroatoms. The number of rotatable bonds is 3. The summed E-state index contributed by atoms with van der Waals surface area (Å²) in [5.41, 5.74) is 3.50. The number of ether oxygens (including phenoxy) is 2. The van der Waals surface area contributed by atoms with Crippen molar-refractivity contribution in [3.63, 3.8) is 0 Å². The molecule has 4 rings (SSSR count). The normalized spacial score (nSPS) is 26.7. The Labute approximate surface area is 153 Å². The summed E-state index contributed by atoms with van der Waals surface area (Å²) < 4.78 is 11.9. The molecule has 0 aromatic heterocycles. The lowest BCUT2D eigenvalue weighted by Gasteiger charge is -2.48. The summed E-state index contributed by atoms with van der Waals surface area (Å²) in [4.78, 5) is 14.4. The van der Waals surface area contributed by atoms with Gasteiger partial charge in [0, 0.05) is 44.4 Å². The third kappa shape index (κ3) is 2.61. The van der Waals surface area contributed by atoms with E-state index in [-0.39, 0.29) is 5.91 Å². The van der Waals surface area contributed by atoms with Crippen LogP contribution in [0, 0.1) is 5.41 Å². The van der Waals surface area contributed by atoms with Crippen molar-refractivity contribution >= 4 is 17.3 Å². The van der Waals surface area contributed by atoms with E-state index in [1.54, 1.807) is 6.08 Å². The first-order valence-electron chi connectivity index (χ1n) is 9.00. The van der Waals surface area contributed by atoms with E-state index < -0.39 is 11.2 Å². The largest absolute Gasteiger partial charge is 0.386 e. The lowest BCUT2D eigenvalue weighted by atomic mass is 9.70. The van der Waals surface area contributed by atoms with E-state index in [1.165, 1.54) is 0 Å². The molecule has 1 aliphatic carbocycles. The summed E-state index contributed by atoms with van der Waals surface area (Å²) >= 11 is 0. The van der Waals surface area contributed by atoms with Gasteiger partial charge >= 0.3 is 0 Å². The molecule has 1 saturated heterocycles. The van der Waals surface area contributed by atoms with E-state index in [0.29, 0.717) is 26.1 Å². The number of amides is 1. The number of hydrogen-bond donors (Lipinski definition) is 2. The van der Waals surface area contributed by atoms with Gasteiger partial charge in [-0.1, -0.05) is 18.2 Å². The van der Waals surface area contributed by atoms with Gasteiger partial charge in [-0.3, -0.25) is 4.79 Å². The van der Waals surface area contributed by atoms with Crippen LogP contribution in [-0.4, -0.2) is 39.0 Å². The van der Waals surface area contributed by atoms with Crippen LogP contribution in [0.3, 0.4) is 0 Å². The van der Waals surface area contributed by atoms with Gasteiger partial charge in [0.2, 0.25) is 5.91 Å². The first-order chi connectivity index (χ1) is 12.5. The molecular weight excluding hydrogens is 330 g/mol. The number of carbonyl (C=O) groups excluding carboxylic acids is 1. The fourth-order valence-corrected chi connectivity index (χ4v) is 4.35. The van der Waals surface area contributed by atoms with E-state index in [1.807, 2.05) is 38.4 Å². The third-order valence-corrected chi connectivity index (χ3v) is 5.64. The molecule has 2 aliphatic heterocycles. The molecule has 1 fully saturated rings. The SMILES string of the molecule is CNc1ccccc1N(C)C1=CC(=O)NC2=CCC3(CC21C)OCCO3. The van der Waals surface area contributed by atoms with Crippen LogP contribution in [0.15, 0.2) is 47.8 Å². The second-order valence-electron chi connectivity index (χ2n) is 7.28. The van der Waals surface area contributed by atoms with Crippen molar-refractivity contribution in [2.45, 2.75) is 25.6 Å². The van der Waals surface area contributed by atoms with Gasteiger partial charge in [-0.15, -0.1) is 0 Å². The number of nitrogens with one attached hydrogen (secondary N) is 2. The predicted octanol–water partition coefficient (Wildman–Crippen LogP) is 2.61. The van der Waals surface area contributed by atoms with Crippen LogP contribution in [0.25, 0.3) is 0 Å². The molecule has 26 heavy (non-hydrogen) atoms.